The second kappa shape index (κ2) is 8.17. The molecular weight excluding hydrogens is 394 g/mol. The average molecular weight is 419 g/mol. The molecule has 1 aliphatic heterocycles. The Bertz CT molecular complexity index is 1370. The average Bonchev–Trinajstić information content (AvgIpc) is 2.70. The number of rotatable bonds is 6. The maximum atomic E-state index is 12.5. The summed E-state index contributed by atoms with van der Waals surface area (Å²) < 4.78 is 1.56. The van der Waals surface area contributed by atoms with Gasteiger partial charge in [0, 0.05) is 19.3 Å². The van der Waals surface area contributed by atoms with Crippen LogP contribution in [0.25, 0.3) is 6.58 Å². The monoisotopic (exact) mass is 419 g/mol. The minimum atomic E-state index is -0.335. The lowest BCUT2D eigenvalue weighted by molar-refractivity contribution is 0.567. The van der Waals surface area contributed by atoms with Crippen LogP contribution in [0.2, 0.25) is 0 Å². The lowest BCUT2D eigenvalue weighted by atomic mass is 10.1. The van der Waals surface area contributed by atoms with Gasteiger partial charge in [0.25, 0.3) is 5.56 Å². The van der Waals surface area contributed by atoms with Crippen molar-refractivity contribution in [3.63, 3.8) is 0 Å². The van der Waals surface area contributed by atoms with E-state index >= 15 is 0 Å². The smallest absolute Gasteiger partial charge is 0.349 e. The van der Waals surface area contributed by atoms with Crippen molar-refractivity contribution in [2.45, 2.75) is 39.7 Å². The number of hydrogen-bond acceptors (Lipinski definition) is 7. The van der Waals surface area contributed by atoms with Gasteiger partial charge in [-0.05, 0) is 62.4 Å². The predicted molar refractivity (Wildman–Crippen MR) is 121 cm³/mol. The minimum Gasteiger partial charge on any atom is -0.383 e. The normalized spacial score (nSPS) is 12.3. The number of aromatic nitrogens is 4. The predicted octanol–water partition coefficient (Wildman–Crippen LogP) is 1.21. The molecule has 0 fully saturated rings. The first kappa shape index (κ1) is 20.5. The van der Waals surface area contributed by atoms with Crippen molar-refractivity contribution in [1.82, 2.24) is 19.5 Å². The zero-order valence-corrected chi connectivity index (χ0v) is 17.7. The van der Waals surface area contributed by atoms with Gasteiger partial charge in [0.1, 0.15) is 11.3 Å². The van der Waals surface area contributed by atoms with Crippen LogP contribution in [0.4, 0.5) is 23.0 Å². The highest BCUT2D eigenvalue weighted by atomic mass is 16.1. The Hall–Kier alpha value is -3.75. The van der Waals surface area contributed by atoms with Crippen molar-refractivity contribution in [3.8, 4) is 0 Å². The number of aryl methyl sites for hydroxylation is 3. The number of benzene rings is 1. The molecule has 3 N–H and O–H groups in total. The van der Waals surface area contributed by atoms with Crippen molar-refractivity contribution in [1.29, 1.82) is 0 Å². The molecule has 0 unspecified atom stereocenters. The first-order valence-corrected chi connectivity index (χ1v) is 10.2. The number of nitrogens with two attached hydrogens (primary N) is 1. The van der Waals surface area contributed by atoms with E-state index in [4.69, 9.17) is 5.73 Å². The van der Waals surface area contributed by atoms with E-state index in [0.717, 1.165) is 41.8 Å². The fourth-order valence-electron chi connectivity index (χ4n) is 3.68. The van der Waals surface area contributed by atoms with Crippen LogP contribution in [-0.2, 0) is 6.54 Å². The quantitative estimate of drug-likeness (QED) is 0.579. The maximum Gasteiger partial charge on any atom is 0.349 e. The van der Waals surface area contributed by atoms with Crippen LogP contribution >= 0.6 is 0 Å². The van der Waals surface area contributed by atoms with E-state index in [9.17, 15) is 9.59 Å². The van der Waals surface area contributed by atoms with Crippen molar-refractivity contribution in [2.75, 3.05) is 17.2 Å². The van der Waals surface area contributed by atoms with Gasteiger partial charge in [-0.3, -0.25) is 9.36 Å². The van der Waals surface area contributed by atoms with Gasteiger partial charge in [-0.15, -0.1) is 0 Å². The van der Waals surface area contributed by atoms with Crippen LogP contribution in [0, 0.1) is 13.8 Å². The largest absolute Gasteiger partial charge is 0.383 e. The molecular formula is C22H25N7O2. The Morgan fingerprint density at radius 1 is 1.06 bits per heavy atom. The Kier molecular flexibility index (Phi) is 5.41. The van der Waals surface area contributed by atoms with Gasteiger partial charge < -0.3 is 15.6 Å². The molecule has 2 aromatic heterocycles. The van der Waals surface area contributed by atoms with E-state index in [0.29, 0.717) is 29.7 Å². The highest BCUT2D eigenvalue weighted by Gasteiger charge is 2.23. The zero-order valence-electron chi connectivity index (χ0n) is 17.7. The van der Waals surface area contributed by atoms with Gasteiger partial charge in [-0.25, -0.2) is 14.8 Å². The van der Waals surface area contributed by atoms with Crippen molar-refractivity contribution >= 4 is 29.6 Å². The molecule has 4 rings (SSSR count). The molecule has 3 aromatic rings. The summed E-state index contributed by atoms with van der Waals surface area (Å²) in [6.45, 7) is 9.12. The fraction of sp³-hybridized carbons (Fsp3) is 0.318. The zero-order chi connectivity index (χ0) is 22.1. The lowest BCUT2D eigenvalue weighted by Crippen LogP contribution is -2.42. The Morgan fingerprint density at radius 2 is 1.81 bits per heavy atom. The summed E-state index contributed by atoms with van der Waals surface area (Å²) >= 11 is 0. The molecule has 0 saturated carbocycles. The van der Waals surface area contributed by atoms with E-state index in [-0.39, 0.29) is 17.1 Å². The van der Waals surface area contributed by atoms with Crippen molar-refractivity contribution in [3.05, 3.63) is 67.2 Å². The summed E-state index contributed by atoms with van der Waals surface area (Å²) in [4.78, 5) is 41.8. The van der Waals surface area contributed by atoms with Crippen LogP contribution in [0.5, 0.6) is 0 Å². The van der Waals surface area contributed by atoms with E-state index in [2.05, 4.69) is 39.5 Å². The summed E-state index contributed by atoms with van der Waals surface area (Å²) in [5.74, 6) is 0.760. The van der Waals surface area contributed by atoms with Gasteiger partial charge in [-0.1, -0.05) is 6.58 Å². The summed E-state index contributed by atoms with van der Waals surface area (Å²) in [7, 11) is 0. The Morgan fingerprint density at radius 3 is 2.58 bits per heavy atom. The minimum absolute atomic E-state index is 0.229. The highest BCUT2D eigenvalue weighted by Crippen LogP contribution is 2.36. The van der Waals surface area contributed by atoms with Gasteiger partial charge in [-0.2, -0.15) is 4.98 Å². The number of aromatic amines is 1. The molecule has 1 aliphatic rings. The van der Waals surface area contributed by atoms with Gasteiger partial charge in [0.05, 0.1) is 11.4 Å². The van der Waals surface area contributed by atoms with E-state index in [1.807, 2.05) is 17.9 Å². The standard InChI is InChI=1S/C22H25N7O2/c1-13-11-16-17(12-14(13)2)29(20-19(26-16)21(30)25-15(3)24-20)9-6-4-5-8-28-10-7-18(23)27-22(28)31/h7,10-12H,3-6,8-9H2,1-2H3,(H,25,30)(H2,23,27,31). The van der Waals surface area contributed by atoms with Crippen LogP contribution in [0.3, 0.4) is 0 Å². The van der Waals surface area contributed by atoms with Crippen molar-refractivity contribution < 1.29 is 0 Å². The number of hydrogen-bond donors (Lipinski definition) is 2. The third-order valence-electron chi connectivity index (χ3n) is 5.47. The number of nitrogens with one attached hydrogen (secondary N) is 1. The fourth-order valence-corrected chi connectivity index (χ4v) is 3.68. The molecule has 0 saturated heterocycles. The second-order valence-electron chi connectivity index (χ2n) is 7.76. The molecule has 0 bridgehead atoms. The molecule has 160 valence electrons. The van der Waals surface area contributed by atoms with Crippen LogP contribution in [-0.4, -0.2) is 26.1 Å². The molecule has 0 aliphatic carbocycles. The molecule has 9 nitrogen and oxygen atoms in total. The Balaban J connectivity index is 1.55. The van der Waals surface area contributed by atoms with E-state index in [1.54, 1.807) is 16.8 Å². The molecule has 9 heteroatoms. The molecule has 3 heterocycles. The number of fused-ring (bicyclic) bond motifs is 2. The van der Waals surface area contributed by atoms with Gasteiger partial charge in [0.15, 0.2) is 11.2 Å². The SMILES string of the molecule is C=c1nc2c(c(=O)[nH]1)=Nc1cc(C)c(C)cc1N2CCCCCn1ccc(N)nc1=O. The molecule has 0 amide bonds. The third kappa shape index (κ3) is 4.11. The second-order valence-corrected chi connectivity index (χ2v) is 7.76. The lowest BCUT2D eigenvalue weighted by Gasteiger charge is -2.28. The van der Waals surface area contributed by atoms with Crippen LogP contribution in [0.15, 0.2) is 39.0 Å². The third-order valence-corrected chi connectivity index (χ3v) is 5.47. The number of anilines is 3. The van der Waals surface area contributed by atoms with Crippen LogP contribution in [0.1, 0.15) is 30.4 Å². The van der Waals surface area contributed by atoms with Crippen LogP contribution < -0.4 is 32.7 Å². The van der Waals surface area contributed by atoms with Crippen molar-refractivity contribution in [2.24, 2.45) is 4.99 Å². The first-order chi connectivity index (χ1) is 14.8. The Labute approximate surface area is 178 Å². The summed E-state index contributed by atoms with van der Waals surface area (Å²) in [5.41, 5.74) is 9.18. The number of nitrogens with zero attached hydrogens (tertiary/aromatic N) is 5. The topological polar surface area (TPSA) is 122 Å². The molecule has 31 heavy (non-hydrogen) atoms. The maximum absolute atomic E-state index is 12.5. The molecule has 0 atom stereocenters. The number of unbranched alkanes of at least 4 members (excludes halogenated alkanes) is 2. The van der Waals surface area contributed by atoms with E-state index in [1.165, 1.54) is 0 Å². The number of H-pyrrole nitrogens is 1. The van der Waals surface area contributed by atoms with Gasteiger partial charge in [0.2, 0.25) is 0 Å². The number of nitrogen functional groups attached to an aromatic ring is 1. The summed E-state index contributed by atoms with van der Waals surface area (Å²) in [6, 6.07) is 5.71. The summed E-state index contributed by atoms with van der Waals surface area (Å²) in [5, 5.41) is 0.308. The van der Waals surface area contributed by atoms with Gasteiger partial charge >= 0.3 is 5.69 Å². The summed E-state index contributed by atoms with van der Waals surface area (Å²) in [6.07, 6.45) is 4.23. The van der Waals surface area contributed by atoms with E-state index < -0.39 is 0 Å². The molecule has 0 spiro atoms. The molecule has 1 aromatic carbocycles. The first-order valence-electron chi connectivity index (χ1n) is 10.2. The highest BCUT2D eigenvalue weighted by molar-refractivity contribution is 5.77. The molecule has 0 radical (unpaired) electrons.